The standard InChI is InChI=1S/C11H14Cl2Si/c1-3-10-4-6-11(7-5-10)8-9-14(2,12)13/h3-7H,1,8-9H2,2H3. The monoisotopic (exact) mass is 244 g/mol. The zero-order chi connectivity index (χ0) is 10.6. The molecule has 0 aliphatic heterocycles. The summed E-state index contributed by atoms with van der Waals surface area (Å²) in [5, 5.41) is 0. The molecule has 0 bridgehead atoms. The lowest BCUT2D eigenvalue weighted by Crippen LogP contribution is -2.13. The van der Waals surface area contributed by atoms with E-state index in [2.05, 4.69) is 30.8 Å². The Hall–Kier alpha value is -0.243. The first kappa shape index (κ1) is 11.8. The van der Waals surface area contributed by atoms with E-state index >= 15 is 0 Å². The quantitative estimate of drug-likeness (QED) is 0.544. The average molecular weight is 245 g/mol. The van der Waals surface area contributed by atoms with E-state index in [0.717, 1.165) is 18.0 Å². The summed E-state index contributed by atoms with van der Waals surface area (Å²) in [4.78, 5) is 0. The molecule has 76 valence electrons. The second-order valence-corrected chi connectivity index (χ2v) is 11.7. The van der Waals surface area contributed by atoms with Crippen molar-refractivity contribution in [2.45, 2.75) is 19.0 Å². The summed E-state index contributed by atoms with van der Waals surface area (Å²) in [5.41, 5.74) is 2.43. The molecule has 0 N–H and O–H groups in total. The topological polar surface area (TPSA) is 0 Å². The van der Waals surface area contributed by atoms with Crippen LogP contribution in [0.1, 0.15) is 11.1 Å². The molecule has 0 fully saturated rings. The minimum absolute atomic E-state index is 0.906. The first-order valence-electron chi connectivity index (χ1n) is 4.60. The fraction of sp³-hybridized carbons (Fsp3) is 0.273. The molecule has 3 heteroatoms. The van der Waals surface area contributed by atoms with Crippen LogP contribution >= 0.6 is 22.2 Å². The van der Waals surface area contributed by atoms with Gasteiger partial charge in [-0.25, -0.2) is 0 Å². The minimum atomic E-state index is -1.94. The first-order chi connectivity index (χ1) is 6.51. The van der Waals surface area contributed by atoms with E-state index in [1.165, 1.54) is 5.56 Å². The van der Waals surface area contributed by atoms with Crippen LogP contribution in [0, 0.1) is 0 Å². The van der Waals surface area contributed by atoms with Crippen LogP contribution in [0.15, 0.2) is 30.8 Å². The van der Waals surface area contributed by atoms with E-state index in [9.17, 15) is 0 Å². The van der Waals surface area contributed by atoms with Crippen molar-refractivity contribution < 1.29 is 0 Å². The third kappa shape index (κ3) is 4.31. The van der Waals surface area contributed by atoms with E-state index in [0.29, 0.717) is 0 Å². The van der Waals surface area contributed by atoms with Crippen molar-refractivity contribution in [2.24, 2.45) is 0 Å². The predicted octanol–water partition coefficient (Wildman–Crippen LogP) is 4.42. The highest BCUT2D eigenvalue weighted by Crippen LogP contribution is 2.22. The normalized spacial score (nSPS) is 11.4. The number of hydrogen-bond acceptors (Lipinski definition) is 0. The molecule has 1 aromatic rings. The van der Waals surface area contributed by atoms with E-state index in [1.54, 1.807) is 0 Å². The van der Waals surface area contributed by atoms with Crippen LogP contribution in [-0.2, 0) is 6.42 Å². The van der Waals surface area contributed by atoms with Crippen LogP contribution in [0.2, 0.25) is 12.6 Å². The maximum absolute atomic E-state index is 6.03. The number of halogens is 2. The second-order valence-electron chi connectivity index (χ2n) is 3.52. The summed E-state index contributed by atoms with van der Waals surface area (Å²) >= 11 is 12.1. The Morgan fingerprint density at radius 2 is 1.86 bits per heavy atom. The minimum Gasteiger partial charge on any atom is -0.146 e. The maximum atomic E-state index is 6.03. The van der Waals surface area contributed by atoms with Crippen LogP contribution in [-0.4, -0.2) is 6.69 Å². The molecule has 0 nitrogen and oxygen atoms in total. The molecule has 1 aromatic carbocycles. The van der Waals surface area contributed by atoms with Gasteiger partial charge in [0.25, 0.3) is 0 Å². The summed E-state index contributed by atoms with van der Waals surface area (Å²) in [5.74, 6) is 0. The van der Waals surface area contributed by atoms with Gasteiger partial charge in [0.15, 0.2) is 0 Å². The fourth-order valence-corrected chi connectivity index (χ4v) is 2.48. The molecule has 14 heavy (non-hydrogen) atoms. The number of aryl methyl sites for hydroxylation is 1. The van der Waals surface area contributed by atoms with Crippen molar-refractivity contribution in [3.05, 3.63) is 42.0 Å². The molecule has 0 heterocycles. The first-order valence-corrected chi connectivity index (χ1v) is 9.33. The van der Waals surface area contributed by atoms with Crippen LogP contribution in [0.5, 0.6) is 0 Å². The van der Waals surface area contributed by atoms with Gasteiger partial charge in [0.2, 0.25) is 6.69 Å². The highest BCUT2D eigenvalue weighted by atomic mass is 35.7. The van der Waals surface area contributed by atoms with Gasteiger partial charge in [-0.3, -0.25) is 0 Å². The van der Waals surface area contributed by atoms with E-state index in [1.807, 2.05) is 12.6 Å². The van der Waals surface area contributed by atoms with E-state index < -0.39 is 6.69 Å². The third-order valence-corrected chi connectivity index (χ3v) is 4.33. The molecular formula is C11H14Cl2Si. The van der Waals surface area contributed by atoms with Crippen molar-refractivity contribution >= 4 is 34.9 Å². The molecule has 0 aromatic heterocycles. The van der Waals surface area contributed by atoms with Crippen molar-refractivity contribution in [3.63, 3.8) is 0 Å². The maximum Gasteiger partial charge on any atom is 0.248 e. The van der Waals surface area contributed by atoms with Gasteiger partial charge >= 0.3 is 0 Å². The zero-order valence-corrected chi connectivity index (χ0v) is 10.8. The van der Waals surface area contributed by atoms with Crippen molar-refractivity contribution in [2.75, 3.05) is 0 Å². The van der Waals surface area contributed by atoms with Crippen molar-refractivity contribution in [1.29, 1.82) is 0 Å². The van der Waals surface area contributed by atoms with Gasteiger partial charge in [-0.1, -0.05) is 36.9 Å². The Balaban J connectivity index is 2.56. The fourth-order valence-electron chi connectivity index (χ4n) is 1.18. The van der Waals surface area contributed by atoms with Gasteiger partial charge in [0, 0.05) is 0 Å². The molecule has 1 rings (SSSR count). The number of benzene rings is 1. The zero-order valence-electron chi connectivity index (χ0n) is 8.26. The average Bonchev–Trinajstić information content (AvgIpc) is 2.14. The van der Waals surface area contributed by atoms with E-state index in [4.69, 9.17) is 22.2 Å². The molecule has 0 amide bonds. The highest BCUT2D eigenvalue weighted by molar-refractivity contribution is 7.44. The smallest absolute Gasteiger partial charge is 0.146 e. The van der Waals surface area contributed by atoms with Gasteiger partial charge in [0.05, 0.1) is 0 Å². The van der Waals surface area contributed by atoms with Crippen LogP contribution < -0.4 is 0 Å². The van der Waals surface area contributed by atoms with Crippen LogP contribution in [0.25, 0.3) is 6.08 Å². The second kappa shape index (κ2) is 5.01. The lowest BCUT2D eigenvalue weighted by molar-refractivity contribution is 1.12. The third-order valence-electron chi connectivity index (χ3n) is 2.07. The number of rotatable bonds is 4. The van der Waals surface area contributed by atoms with Gasteiger partial charge in [-0.2, -0.15) is 0 Å². The molecule has 0 spiro atoms. The van der Waals surface area contributed by atoms with Crippen molar-refractivity contribution in [3.8, 4) is 0 Å². The molecule has 0 saturated carbocycles. The van der Waals surface area contributed by atoms with Gasteiger partial charge in [0.1, 0.15) is 0 Å². The summed E-state index contributed by atoms with van der Waals surface area (Å²) in [7, 11) is 0. The summed E-state index contributed by atoms with van der Waals surface area (Å²) in [6.07, 6.45) is 2.80. The van der Waals surface area contributed by atoms with Gasteiger partial charge < -0.3 is 0 Å². The summed E-state index contributed by atoms with van der Waals surface area (Å²) < 4.78 is 0. The predicted molar refractivity (Wildman–Crippen MR) is 68.4 cm³/mol. The molecule has 0 saturated heterocycles. The number of hydrogen-bond donors (Lipinski definition) is 0. The lowest BCUT2D eigenvalue weighted by Gasteiger charge is -2.09. The molecule has 0 aliphatic carbocycles. The molecule has 0 radical (unpaired) electrons. The Morgan fingerprint density at radius 3 is 2.29 bits per heavy atom. The largest absolute Gasteiger partial charge is 0.248 e. The van der Waals surface area contributed by atoms with Gasteiger partial charge in [-0.15, -0.1) is 22.2 Å². The Labute approximate surface area is 96.0 Å². The lowest BCUT2D eigenvalue weighted by atomic mass is 10.1. The SMILES string of the molecule is C=Cc1ccc(CC[Si](C)(Cl)Cl)cc1. The Bertz CT molecular complexity index is 298. The van der Waals surface area contributed by atoms with E-state index in [-0.39, 0.29) is 0 Å². The van der Waals surface area contributed by atoms with Crippen molar-refractivity contribution in [1.82, 2.24) is 0 Å². The molecular weight excluding hydrogens is 231 g/mol. The molecule has 0 atom stereocenters. The highest BCUT2D eigenvalue weighted by Gasteiger charge is 2.19. The summed E-state index contributed by atoms with van der Waals surface area (Å²) in [6, 6.07) is 9.23. The summed E-state index contributed by atoms with van der Waals surface area (Å²) in [6.45, 7) is 3.73. The van der Waals surface area contributed by atoms with Crippen LogP contribution in [0.3, 0.4) is 0 Å². The van der Waals surface area contributed by atoms with Gasteiger partial charge in [-0.05, 0) is 30.1 Å². The molecule has 0 aliphatic rings. The Morgan fingerprint density at radius 1 is 1.29 bits per heavy atom. The van der Waals surface area contributed by atoms with Crippen LogP contribution in [0.4, 0.5) is 0 Å². The Kier molecular flexibility index (Phi) is 4.23. The molecule has 0 unspecified atom stereocenters.